The predicted molar refractivity (Wildman–Crippen MR) is 127 cm³/mol. The summed E-state index contributed by atoms with van der Waals surface area (Å²) < 4.78 is 0. The maximum absolute atomic E-state index is 2.72. The van der Waals surface area contributed by atoms with Crippen LogP contribution in [0.1, 0.15) is 120 Å². The first-order valence-electron chi connectivity index (χ1n) is 13.4. The minimum Gasteiger partial charge on any atom is -0.0599 e. The highest BCUT2D eigenvalue weighted by Crippen LogP contribution is 2.67. The molecule has 6 atom stereocenters. The van der Waals surface area contributed by atoms with Crippen molar-refractivity contribution in [2.45, 2.75) is 120 Å². The van der Waals surface area contributed by atoms with Gasteiger partial charge in [-0.1, -0.05) is 68.2 Å². The molecule has 168 valence electrons. The van der Waals surface area contributed by atoms with Crippen molar-refractivity contribution in [1.82, 2.24) is 0 Å². The number of rotatable bonds is 2. The largest absolute Gasteiger partial charge is 0.0599 e. The summed E-state index contributed by atoms with van der Waals surface area (Å²) in [5.74, 6) is 8.08. The molecule has 6 unspecified atom stereocenters. The van der Waals surface area contributed by atoms with Crippen molar-refractivity contribution in [2.24, 2.45) is 63.6 Å². The van der Waals surface area contributed by atoms with Crippen molar-refractivity contribution in [1.29, 1.82) is 0 Å². The molecule has 4 rings (SSSR count). The van der Waals surface area contributed by atoms with Crippen molar-refractivity contribution in [2.75, 3.05) is 0 Å². The summed E-state index contributed by atoms with van der Waals surface area (Å²) in [5, 5.41) is 0. The van der Waals surface area contributed by atoms with Crippen LogP contribution in [0, 0.1) is 63.6 Å². The Hall–Kier alpha value is 0. The quantitative estimate of drug-likeness (QED) is 0.434. The lowest BCUT2D eigenvalue weighted by Gasteiger charge is -2.47. The number of hydrogen-bond donors (Lipinski definition) is 0. The topological polar surface area (TPSA) is 0 Å². The monoisotopic (exact) mass is 400 g/mol. The van der Waals surface area contributed by atoms with Gasteiger partial charge in [-0.2, -0.15) is 0 Å². The van der Waals surface area contributed by atoms with Gasteiger partial charge in [0.1, 0.15) is 0 Å². The molecule has 4 fully saturated rings. The molecule has 0 heterocycles. The van der Waals surface area contributed by atoms with E-state index in [0.717, 1.165) is 47.3 Å². The summed E-state index contributed by atoms with van der Waals surface area (Å²) in [5.41, 5.74) is 1.57. The predicted octanol–water partition coefficient (Wildman–Crippen LogP) is 8.99. The van der Waals surface area contributed by atoms with E-state index in [1.54, 1.807) is 25.7 Å². The minimum absolute atomic E-state index is 0.498. The Morgan fingerprint density at radius 1 is 0.448 bits per heavy atom. The van der Waals surface area contributed by atoms with E-state index in [0.29, 0.717) is 16.2 Å². The van der Waals surface area contributed by atoms with Gasteiger partial charge in [-0.05, 0) is 115 Å². The van der Waals surface area contributed by atoms with Crippen LogP contribution >= 0.6 is 0 Å². The second-order valence-corrected chi connectivity index (χ2v) is 14.7. The van der Waals surface area contributed by atoms with Crippen LogP contribution in [0.3, 0.4) is 0 Å². The third-order valence-electron chi connectivity index (χ3n) is 11.1. The zero-order valence-corrected chi connectivity index (χ0v) is 21.2. The van der Waals surface area contributed by atoms with Crippen LogP contribution in [-0.4, -0.2) is 0 Å². The Morgan fingerprint density at radius 2 is 0.862 bits per heavy atom. The molecule has 0 aromatic rings. The lowest BCUT2D eigenvalue weighted by molar-refractivity contribution is 0.0135. The van der Waals surface area contributed by atoms with Crippen LogP contribution in [0.25, 0.3) is 0 Å². The average molecular weight is 401 g/mol. The molecule has 4 aliphatic rings. The van der Waals surface area contributed by atoms with Gasteiger partial charge < -0.3 is 0 Å². The van der Waals surface area contributed by atoms with E-state index in [-0.39, 0.29) is 0 Å². The third kappa shape index (κ3) is 3.98. The Kier molecular flexibility index (Phi) is 5.78. The van der Waals surface area contributed by atoms with Crippen LogP contribution in [0.2, 0.25) is 0 Å². The number of fused-ring (bicyclic) bond motifs is 3. The zero-order chi connectivity index (χ0) is 21.2. The molecule has 0 radical (unpaired) electrons. The Balaban J connectivity index is 1.64. The van der Waals surface area contributed by atoms with Gasteiger partial charge in [-0.25, -0.2) is 0 Å². The van der Waals surface area contributed by atoms with Gasteiger partial charge in [0, 0.05) is 0 Å². The first-order valence-corrected chi connectivity index (χ1v) is 13.4. The fraction of sp³-hybridized carbons (Fsp3) is 1.00. The molecule has 0 aliphatic heterocycles. The molecule has 0 aromatic heterocycles. The summed E-state index contributed by atoms with van der Waals surface area (Å²) in [6.07, 6.45) is 15.2. The summed E-state index contributed by atoms with van der Waals surface area (Å²) in [7, 11) is 0. The van der Waals surface area contributed by atoms with Gasteiger partial charge in [0.2, 0.25) is 0 Å². The molecule has 0 spiro atoms. The second kappa shape index (κ2) is 7.55. The van der Waals surface area contributed by atoms with Gasteiger partial charge in [-0.15, -0.1) is 0 Å². The molecule has 0 heteroatoms. The summed E-state index contributed by atoms with van der Waals surface area (Å²) >= 11 is 0. The lowest BCUT2D eigenvalue weighted by atomic mass is 9.57. The van der Waals surface area contributed by atoms with Crippen molar-refractivity contribution in [3.05, 3.63) is 0 Å². The summed E-state index contributed by atoms with van der Waals surface area (Å²) in [6.45, 7) is 20.5. The second-order valence-electron chi connectivity index (χ2n) is 14.7. The van der Waals surface area contributed by atoms with E-state index in [1.165, 1.54) is 38.5 Å². The highest BCUT2D eigenvalue weighted by atomic mass is 14.6. The van der Waals surface area contributed by atoms with Crippen molar-refractivity contribution >= 4 is 0 Å². The molecule has 0 bridgehead atoms. The van der Waals surface area contributed by atoms with E-state index >= 15 is 0 Å². The van der Waals surface area contributed by atoms with Gasteiger partial charge >= 0.3 is 0 Å². The maximum atomic E-state index is 2.72. The third-order valence-corrected chi connectivity index (χ3v) is 11.1. The first-order chi connectivity index (χ1) is 13.4. The summed E-state index contributed by atoms with van der Waals surface area (Å²) in [4.78, 5) is 0. The minimum atomic E-state index is 0.498. The highest BCUT2D eigenvalue weighted by molar-refractivity contribution is 5.08. The van der Waals surface area contributed by atoms with Crippen LogP contribution in [0.15, 0.2) is 0 Å². The van der Waals surface area contributed by atoms with Crippen LogP contribution in [-0.2, 0) is 0 Å². The van der Waals surface area contributed by atoms with Crippen molar-refractivity contribution in [3.63, 3.8) is 0 Å². The molecule has 0 saturated heterocycles. The molecule has 0 amide bonds. The summed E-state index contributed by atoms with van der Waals surface area (Å²) in [6, 6.07) is 0. The van der Waals surface area contributed by atoms with Crippen LogP contribution < -0.4 is 0 Å². The smallest absolute Gasteiger partial charge is 0.0292 e. The van der Waals surface area contributed by atoms with Crippen molar-refractivity contribution in [3.8, 4) is 0 Å². The van der Waals surface area contributed by atoms with Gasteiger partial charge in [-0.3, -0.25) is 0 Å². The van der Waals surface area contributed by atoms with E-state index < -0.39 is 0 Å². The molecule has 0 nitrogen and oxygen atoms in total. The van der Waals surface area contributed by atoms with E-state index in [4.69, 9.17) is 0 Å². The fourth-order valence-electron chi connectivity index (χ4n) is 9.27. The lowest BCUT2D eigenvalue weighted by Crippen LogP contribution is -2.40. The van der Waals surface area contributed by atoms with E-state index in [9.17, 15) is 0 Å². The maximum Gasteiger partial charge on any atom is -0.0292 e. The molecular weight excluding hydrogens is 348 g/mol. The van der Waals surface area contributed by atoms with Gasteiger partial charge in [0.15, 0.2) is 0 Å². The molecule has 4 saturated carbocycles. The standard InChI is InChI=1S/C29H52/c1-27(2,3)20-13-15-22-24(17-20)25-18-21(28(4,5)6)14-16-23(25)26(22)29(7,8)19-11-9-10-12-19/h19-26H,9-18H2,1-8H3. The molecule has 4 aliphatic carbocycles. The van der Waals surface area contributed by atoms with E-state index in [2.05, 4.69) is 55.4 Å². The van der Waals surface area contributed by atoms with Gasteiger partial charge in [0.05, 0.1) is 0 Å². The highest BCUT2D eigenvalue weighted by Gasteiger charge is 2.59. The van der Waals surface area contributed by atoms with Crippen molar-refractivity contribution < 1.29 is 0 Å². The molecular formula is C29H52. The van der Waals surface area contributed by atoms with Crippen LogP contribution in [0.4, 0.5) is 0 Å². The fourth-order valence-corrected chi connectivity index (χ4v) is 9.27. The first kappa shape index (κ1) is 22.2. The SMILES string of the molecule is CC(C)(C)C1CCC2C(C1)C1CC(C(C)(C)C)CCC1C2C(C)(C)C1CCCC1. The Morgan fingerprint density at radius 3 is 1.24 bits per heavy atom. The molecule has 0 aromatic carbocycles. The Bertz CT molecular complexity index is 526. The Labute approximate surface area is 183 Å². The zero-order valence-electron chi connectivity index (χ0n) is 21.2. The molecule has 0 N–H and O–H groups in total. The molecule has 29 heavy (non-hydrogen) atoms. The van der Waals surface area contributed by atoms with E-state index in [1.807, 2.05) is 0 Å². The van der Waals surface area contributed by atoms with Gasteiger partial charge in [0.25, 0.3) is 0 Å². The average Bonchev–Trinajstić information content (AvgIpc) is 3.26. The van der Waals surface area contributed by atoms with Crippen LogP contribution in [0.5, 0.6) is 0 Å². The number of hydrogen-bond acceptors (Lipinski definition) is 0. The normalized spacial score (nSPS) is 42.0.